The van der Waals surface area contributed by atoms with E-state index in [4.69, 9.17) is 4.74 Å². The van der Waals surface area contributed by atoms with Gasteiger partial charge in [0, 0.05) is 18.0 Å². The molecule has 1 aromatic carbocycles. The molecule has 0 amide bonds. The SMILES string of the molecule is COc1cccc(C(=O)O)c1-c1ccncc1. The molecule has 1 N–H and O–H groups in total. The Hall–Kier alpha value is -2.36. The first kappa shape index (κ1) is 11.1. The fourth-order valence-electron chi connectivity index (χ4n) is 1.70. The summed E-state index contributed by atoms with van der Waals surface area (Å²) in [4.78, 5) is 15.1. The number of carboxylic acids is 1. The highest BCUT2D eigenvalue weighted by Gasteiger charge is 2.15. The minimum atomic E-state index is -0.976. The number of carboxylic acid groups (broad SMARTS) is 1. The van der Waals surface area contributed by atoms with Gasteiger partial charge in [-0.3, -0.25) is 4.98 Å². The van der Waals surface area contributed by atoms with E-state index in [9.17, 15) is 9.90 Å². The molecule has 2 aromatic rings. The van der Waals surface area contributed by atoms with Crippen LogP contribution in [0.25, 0.3) is 11.1 Å². The molecule has 2 rings (SSSR count). The predicted octanol–water partition coefficient (Wildman–Crippen LogP) is 2.46. The number of rotatable bonds is 3. The van der Waals surface area contributed by atoms with Crippen LogP contribution in [0.2, 0.25) is 0 Å². The molecule has 0 atom stereocenters. The topological polar surface area (TPSA) is 59.4 Å². The fraction of sp³-hybridized carbons (Fsp3) is 0.0769. The Balaban J connectivity index is 2.69. The minimum Gasteiger partial charge on any atom is -0.496 e. The van der Waals surface area contributed by atoms with Gasteiger partial charge < -0.3 is 9.84 Å². The van der Waals surface area contributed by atoms with Crippen molar-refractivity contribution in [2.75, 3.05) is 7.11 Å². The summed E-state index contributed by atoms with van der Waals surface area (Å²) in [6, 6.07) is 8.46. The molecular weight excluding hydrogens is 218 g/mol. The first-order valence-electron chi connectivity index (χ1n) is 5.04. The van der Waals surface area contributed by atoms with Gasteiger partial charge in [0.05, 0.1) is 12.7 Å². The van der Waals surface area contributed by atoms with Gasteiger partial charge >= 0.3 is 5.97 Å². The zero-order valence-electron chi connectivity index (χ0n) is 9.25. The van der Waals surface area contributed by atoms with Gasteiger partial charge in [0.2, 0.25) is 0 Å². The second kappa shape index (κ2) is 4.65. The van der Waals surface area contributed by atoms with Gasteiger partial charge in [-0.1, -0.05) is 6.07 Å². The van der Waals surface area contributed by atoms with Gasteiger partial charge in [0.15, 0.2) is 0 Å². The molecule has 0 aliphatic carbocycles. The molecule has 0 saturated heterocycles. The van der Waals surface area contributed by atoms with Gasteiger partial charge in [-0.15, -0.1) is 0 Å². The Bertz CT molecular complexity index is 538. The molecular formula is C13H11NO3. The number of aromatic nitrogens is 1. The number of aromatic carboxylic acids is 1. The van der Waals surface area contributed by atoms with Crippen LogP contribution in [0.5, 0.6) is 5.75 Å². The van der Waals surface area contributed by atoms with Crippen molar-refractivity contribution in [3.63, 3.8) is 0 Å². The monoisotopic (exact) mass is 229 g/mol. The second-order valence-corrected chi connectivity index (χ2v) is 3.42. The predicted molar refractivity (Wildman–Crippen MR) is 63.2 cm³/mol. The Morgan fingerprint density at radius 1 is 1.24 bits per heavy atom. The highest BCUT2D eigenvalue weighted by Crippen LogP contribution is 2.32. The number of pyridine rings is 1. The van der Waals surface area contributed by atoms with Crippen LogP contribution in [-0.4, -0.2) is 23.2 Å². The molecule has 86 valence electrons. The van der Waals surface area contributed by atoms with E-state index in [1.165, 1.54) is 7.11 Å². The third-order valence-electron chi connectivity index (χ3n) is 2.45. The maximum atomic E-state index is 11.2. The second-order valence-electron chi connectivity index (χ2n) is 3.42. The fourth-order valence-corrected chi connectivity index (χ4v) is 1.70. The van der Waals surface area contributed by atoms with E-state index < -0.39 is 5.97 Å². The van der Waals surface area contributed by atoms with Crippen molar-refractivity contribution in [3.05, 3.63) is 48.3 Å². The summed E-state index contributed by atoms with van der Waals surface area (Å²) in [5, 5.41) is 9.18. The summed E-state index contributed by atoms with van der Waals surface area (Å²) >= 11 is 0. The highest BCUT2D eigenvalue weighted by atomic mass is 16.5. The maximum Gasteiger partial charge on any atom is 0.336 e. The number of hydrogen-bond donors (Lipinski definition) is 1. The molecule has 17 heavy (non-hydrogen) atoms. The van der Waals surface area contributed by atoms with E-state index in [1.54, 1.807) is 42.7 Å². The van der Waals surface area contributed by atoms with Crippen molar-refractivity contribution in [1.82, 2.24) is 4.98 Å². The maximum absolute atomic E-state index is 11.2. The van der Waals surface area contributed by atoms with Crippen molar-refractivity contribution in [2.24, 2.45) is 0 Å². The Morgan fingerprint density at radius 2 is 1.94 bits per heavy atom. The lowest BCUT2D eigenvalue weighted by atomic mass is 9.99. The van der Waals surface area contributed by atoms with Crippen LogP contribution in [0, 0.1) is 0 Å². The molecule has 1 heterocycles. The van der Waals surface area contributed by atoms with Crippen LogP contribution in [-0.2, 0) is 0 Å². The molecule has 1 aromatic heterocycles. The van der Waals surface area contributed by atoms with E-state index in [1.807, 2.05) is 0 Å². The zero-order valence-corrected chi connectivity index (χ0v) is 9.25. The lowest BCUT2D eigenvalue weighted by molar-refractivity contribution is 0.0697. The van der Waals surface area contributed by atoms with Crippen LogP contribution in [0.1, 0.15) is 10.4 Å². The van der Waals surface area contributed by atoms with Crippen LogP contribution < -0.4 is 4.74 Å². The molecule has 0 spiro atoms. The first-order valence-corrected chi connectivity index (χ1v) is 5.04. The molecule has 0 unspecified atom stereocenters. The van der Waals surface area contributed by atoms with E-state index in [0.29, 0.717) is 11.3 Å². The third-order valence-corrected chi connectivity index (χ3v) is 2.45. The summed E-state index contributed by atoms with van der Waals surface area (Å²) in [6.45, 7) is 0. The zero-order chi connectivity index (χ0) is 12.3. The van der Waals surface area contributed by atoms with Gasteiger partial charge in [-0.2, -0.15) is 0 Å². The quantitative estimate of drug-likeness (QED) is 0.878. The highest BCUT2D eigenvalue weighted by molar-refractivity contribution is 5.97. The molecule has 0 radical (unpaired) electrons. The Morgan fingerprint density at radius 3 is 2.53 bits per heavy atom. The number of carbonyl (C=O) groups is 1. The molecule has 4 nitrogen and oxygen atoms in total. The van der Waals surface area contributed by atoms with E-state index in [0.717, 1.165) is 5.56 Å². The van der Waals surface area contributed by atoms with Crippen molar-refractivity contribution in [3.8, 4) is 16.9 Å². The number of nitrogens with zero attached hydrogens (tertiary/aromatic N) is 1. The number of ether oxygens (including phenoxy) is 1. The molecule has 0 saturated carbocycles. The minimum absolute atomic E-state index is 0.218. The van der Waals surface area contributed by atoms with E-state index in [2.05, 4.69) is 4.98 Å². The van der Waals surface area contributed by atoms with Crippen LogP contribution in [0.15, 0.2) is 42.7 Å². The van der Waals surface area contributed by atoms with Crippen molar-refractivity contribution in [2.45, 2.75) is 0 Å². The van der Waals surface area contributed by atoms with Crippen molar-refractivity contribution in [1.29, 1.82) is 0 Å². The van der Waals surface area contributed by atoms with Gasteiger partial charge in [-0.25, -0.2) is 4.79 Å². The van der Waals surface area contributed by atoms with Gasteiger partial charge in [0.1, 0.15) is 5.75 Å². The molecule has 0 aliphatic rings. The number of hydrogen-bond acceptors (Lipinski definition) is 3. The summed E-state index contributed by atoms with van der Waals surface area (Å²) in [6.07, 6.45) is 3.24. The van der Waals surface area contributed by atoms with E-state index in [-0.39, 0.29) is 5.56 Å². The molecule has 0 fully saturated rings. The smallest absolute Gasteiger partial charge is 0.336 e. The summed E-state index contributed by atoms with van der Waals surface area (Å²) in [5.74, 6) is -0.438. The Kier molecular flexibility index (Phi) is 3.05. The average molecular weight is 229 g/mol. The van der Waals surface area contributed by atoms with Gasteiger partial charge in [0.25, 0.3) is 0 Å². The van der Waals surface area contributed by atoms with Crippen molar-refractivity contribution >= 4 is 5.97 Å². The largest absolute Gasteiger partial charge is 0.496 e. The Labute approximate surface area is 98.5 Å². The third kappa shape index (κ3) is 2.10. The lowest BCUT2D eigenvalue weighted by Crippen LogP contribution is -2.01. The van der Waals surface area contributed by atoms with Crippen LogP contribution in [0.3, 0.4) is 0 Å². The van der Waals surface area contributed by atoms with Gasteiger partial charge in [-0.05, 0) is 29.8 Å². The molecule has 4 heteroatoms. The van der Waals surface area contributed by atoms with E-state index >= 15 is 0 Å². The van der Waals surface area contributed by atoms with Crippen LogP contribution >= 0.6 is 0 Å². The summed E-state index contributed by atoms with van der Waals surface area (Å²) in [7, 11) is 1.52. The first-order chi connectivity index (χ1) is 8.24. The number of methoxy groups -OCH3 is 1. The van der Waals surface area contributed by atoms with Crippen molar-refractivity contribution < 1.29 is 14.6 Å². The summed E-state index contributed by atoms with van der Waals surface area (Å²) in [5.41, 5.74) is 1.57. The molecule has 0 aliphatic heterocycles. The van der Waals surface area contributed by atoms with Crippen LogP contribution in [0.4, 0.5) is 0 Å². The average Bonchev–Trinajstić information content (AvgIpc) is 2.38. The normalized spacial score (nSPS) is 9.94. The number of benzene rings is 1. The summed E-state index contributed by atoms with van der Waals surface area (Å²) < 4.78 is 5.21. The lowest BCUT2D eigenvalue weighted by Gasteiger charge is -2.11. The standard InChI is InChI=1S/C13H11NO3/c1-17-11-4-2-3-10(13(15)16)12(11)9-5-7-14-8-6-9/h2-8H,1H3,(H,15,16). The molecule has 0 bridgehead atoms.